The predicted octanol–water partition coefficient (Wildman–Crippen LogP) is 3.96. The molecule has 0 saturated heterocycles. The van der Waals surface area contributed by atoms with Gasteiger partial charge < -0.3 is 14.8 Å². The van der Waals surface area contributed by atoms with Crippen molar-refractivity contribution in [2.45, 2.75) is 33.2 Å². The van der Waals surface area contributed by atoms with Crippen LogP contribution < -0.4 is 14.8 Å². The fourth-order valence-electron chi connectivity index (χ4n) is 2.83. The zero-order chi connectivity index (χ0) is 19.8. The monoisotopic (exact) mass is 369 g/mol. The quantitative estimate of drug-likeness (QED) is 0.680. The van der Waals surface area contributed by atoms with E-state index in [4.69, 9.17) is 9.47 Å². The molecule has 0 fully saturated rings. The predicted molar refractivity (Wildman–Crippen MR) is 105 cm³/mol. The van der Waals surface area contributed by atoms with Crippen molar-refractivity contribution < 1.29 is 19.1 Å². The molecule has 1 amide bonds. The van der Waals surface area contributed by atoms with Gasteiger partial charge in [-0.3, -0.25) is 9.59 Å². The number of benzene rings is 2. The molecule has 1 N–H and O–H groups in total. The number of hydrogen-bond acceptors (Lipinski definition) is 4. The van der Waals surface area contributed by atoms with Crippen LogP contribution in [0.3, 0.4) is 0 Å². The van der Waals surface area contributed by atoms with Gasteiger partial charge in [0.2, 0.25) is 0 Å². The van der Waals surface area contributed by atoms with Crippen LogP contribution in [0.15, 0.2) is 42.5 Å². The van der Waals surface area contributed by atoms with Gasteiger partial charge in [0, 0.05) is 0 Å². The number of carbonyl (C=O) groups excluding carboxylic acids is 2. The van der Waals surface area contributed by atoms with Gasteiger partial charge in [-0.15, -0.1) is 0 Å². The molecule has 5 nitrogen and oxygen atoms in total. The van der Waals surface area contributed by atoms with E-state index in [9.17, 15) is 9.59 Å². The van der Waals surface area contributed by atoms with E-state index in [0.717, 1.165) is 12.0 Å². The van der Waals surface area contributed by atoms with Crippen molar-refractivity contribution in [2.24, 2.45) is 5.92 Å². The van der Waals surface area contributed by atoms with Crippen LogP contribution >= 0.6 is 0 Å². The first-order valence-electron chi connectivity index (χ1n) is 9.12. The number of aryl methyl sites for hydroxylation is 1. The Kier molecular flexibility index (Phi) is 7.41. The molecule has 0 bridgehead atoms. The number of methoxy groups -OCH3 is 1. The maximum Gasteiger partial charge on any atom is 0.258 e. The second-order valence-corrected chi connectivity index (χ2v) is 6.69. The molecular formula is C22H27NO4. The first kappa shape index (κ1) is 20.5. The second kappa shape index (κ2) is 9.76. The van der Waals surface area contributed by atoms with E-state index in [1.807, 2.05) is 0 Å². The number of nitrogens with one attached hydrogen (secondary N) is 1. The van der Waals surface area contributed by atoms with Gasteiger partial charge in [0.1, 0.15) is 11.5 Å². The normalized spacial score (nSPS) is 11.7. The van der Waals surface area contributed by atoms with Crippen LogP contribution in [0.5, 0.6) is 11.5 Å². The SMILES string of the molecule is CCc1ccc([C@H](NC(=O)COc2ccc(OC)cc2C=O)C(C)C)cc1. The van der Waals surface area contributed by atoms with Crippen molar-refractivity contribution in [1.82, 2.24) is 5.32 Å². The van der Waals surface area contributed by atoms with Gasteiger partial charge in [0.05, 0.1) is 18.7 Å². The van der Waals surface area contributed by atoms with Crippen molar-refractivity contribution in [2.75, 3.05) is 13.7 Å². The number of aldehydes is 1. The van der Waals surface area contributed by atoms with Crippen molar-refractivity contribution in [3.05, 3.63) is 59.2 Å². The van der Waals surface area contributed by atoms with E-state index in [0.29, 0.717) is 23.3 Å². The molecule has 27 heavy (non-hydrogen) atoms. The van der Waals surface area contributed by atoms with Crippen molar-refractivity contribution >= 4 is 12.2 Å². The van der Waals surface area contributed by atoms with Gasteiger partial charge >= 0.3 is 0 Å². The molecule has 0 aliphatic carbocycles. The van der Waals surface area contributed by atoms with Crippen LogP contribution in [0, 0.1) is 5.92 Å². The minimum absolute atomic E-state index is 0.103. The molecule has 5 heteroatoms. The summed E-state index contributed by atoms with van der Waals surface area (Å²) in [5.41, 5.74) is 2.67. The molecule has 0 spiro atoms. The van der Waals surface area contributed by atoms with Crippen LogP contribution in [-0.4, -0.2) is 25.9 Å². The molecular weight excluding hydrogens is 342 g/mol. The second-order valence-electron chi connectivity index (χ2n) is 6.69. The third-order valence-corrected chi connectivity index (χ3v) is 4.43. The van der Waals surface area contributed by atoms with Gasteiger partial charge in [-0.05, 0) is 41.7 Å². The first-order valence-corrected chi connectivity index (χ1v) is 9.12. The summed E-state index contributed by atoms with van der Waals surface area (Å²) < 4.78 is 10.6. The fourth-order valence-corrected chi connectivity index (χ4v) is 2.83. The summed E-state index contributed by atoms with van der Waals surface area (Å²) in [5, 5.41) is 3.02. The van der Waals surface area contributed by atoms with Gasteiger partial charge in [-0.2, -0.15) is 0 Å². The number of amides is 1. The molecule has 2 aromatic carbocycles. The van der Waals surface area contributed by atoms with E-state index in [-0.39, 0.29) is 24.5 Å². The summed E-state index contributed by atoms with van der Waals surface area (Å²) in [6, 6.07) is 13.1. The summed E-state index contributed by atoms with van der Waals surface area (Å²) in [6.45, 7) is 6.07. The molecule has 2 aromatic rings. The number of hydrogen-bond donors (Lipinski definition) is 1. The maximum atomic E-state index is 12.4. The standard InChI is InChI=1S/C22H27NO4/c1-5-16-6-8-17(9-7-16)22(15(2)3)23-21(25)14-27-20-11-10-19(26-4)12-18(20)13-24/h6-13,15,22H,5,14H2,1-4H3,(H,23,25)/t22-/m1/s1. The summed E-state index contributed by atoms with van der Waals surface area (Å²) >= 11 is 0. The number of rotatable bonds is 9. The average Bonchev–Trinajstić information content (AvgIpc) is 2.70. The van der Waals surface area contributed by atoms with E-state index < -0.39 is 0 Å². The maximum absolute atomic E-state index is 12.4. The van der Waals surface area contributed by atoms with Crippen molar-refractivity contribution in [1.29, 1.82) is 0 Å². The smallest absolute Gasteiger partial charge is 0.258 e. The van der Waals surface area contributed by atoms with Crippen molar-refractivity contribution in [3.63, 3.8) is 0 Å². The molecule has 1 atom stereocenters. The molecule has 0 saturated carbocycles. The third kappa shape index (κ3) is 5.58. The van der Waals surface area contributed by atoms with Crippen molar-refractivity contribution in [3.8, 4) is 11.5 Å². The van der Waals surface area contributed by atoms with E-state index in [1.54, 1.807) is 18.2 Å². The summed E-state index contributed by atoms with van der Waals surface area (Å²) in [4.78, 5) is 23.6. The third-order valence-electron chi connectivity index (χ3n) is 4.43. The zero-order valence-corrected chi connectivity index (χ0v) is 16.3. The minimum Gasteiger partial charge on any atom is -0.497 e. The highest BCUT2D eigenvalue weighted by Crippen LogP contribution is 2.24. The van der Waals surface area contributed by atoms with Gasteiger partial charge in [-0.1, -0.05) is 45.0 Å². The lowest BCUT2D eigenvalue weighted by atomic mass is 9.95. The Hall–Kier alpha value is -2.82. The van der Waals surface area contributed by atoms with E-state index in [1.165, 1.54) is 12.7 Å². The first-order chi connectivity index (χ1) is 13.0. The minimum atomic E-state index is -0.235. The van der Waals surface area contributed by atoms with E-state index in [2.05, 4.69) is 50.4 Å². The van der Waals surface area contributed by atoms with Crippen LogP contribution in [0.4, 0.5) is 0 Å². The Morgan fingerprint density at radius 3 is 2.41 bits per heavy atom. The lowest BCUT2D eigenvalue weighted by Gasteiger charge is -2.23. The summed E-state index contributed by atoms with van der Waals surface area (Å²) in [7, 11) is 1.52. The highest BCUT2D eigenvalue weighted by molar-refractivity contribution is 5.81. The van der Waals surface area contributed by atoms with Crippen LogP contribution in [0.25, 0.3) is 0 Å². The largest absolute Gasteiger partial charge is 0.497 e. The Bertz CT molecular complexity index is 768. The van der Waals surface area contributed by atoms with Crippen LogP contribution in [-0.2, 0) is 11.2 Å². The lowest BCUT2D eigenvalue weighted by molar-refractivity contribution is -0.124. The Balaban J connectivity index is 2.03. The lowest BCUT2D eigenvalue weighted by Crippen LogP contribution is -2.35. The molecule has 144 valence electrons. The highest BCUT2D eigenvalue weighted by Gasteiger charge is 2.19. The molecule has 0 aliphatic heterocycles. The fraction of sp³-hybridized carbons (Fsp3) is 0.364. The Morgan fingerprint density at radius 2 is 1.85 bits per heavy atom. The van der Waals surface area contributed by atoms with Gasteiger partial charge in [0.15, 0.2) is 12.9 Å². The summed E-state index contributed by atoms with van der Waals surface area (Å²) in [5.74, 6) is 0.910. The Morgan fingerprint density at radius 1 is 1.15 bits per heavy atom. The van der Waals surface area contributed by atoms with Gasteiger partial charge in [0.25, 0.3) is 5.91 Å². The number of ether oxygens (including phenoxy) is 2. The zero-order valence-electron chi connectivity index (χ0n) is 16.3. The summed E-state index contributed by atoms with van der Waals surface area (Å²) in [6.07, 6.45) is 1.66. The average molecular weight is 369 g/mol. The number of carbonyl (C=O) groups is 2. The van der Waals surface area contributed by atoms with Gasteiger partial charge in [-0.25, -0.2) is 0 Å². The molecule has 0 aromatic heterocycles. The molecule has 0 unspecified atom stereocenters. The molecule has 0 radical (unpaired) electrons. The molecule has 2 rings (SSSR count). The van der Waals surface area contributed by atoms with E-state index >= 15 is 0 Å². The molecule has 0 aliphatic rings. The Labute approximate surface area is 160 Å². The topological polar surface area (TPSA) is 64.6 Å². The highest BCUT2D eigenvalue weighted by atomic mass is 16.5. The molecule has 0 heterocycles. The van der Waals surface area contributed by atoms with Crippen LogP contribution in [0.2, 0.25) is 0 Å². The van der Waals surface area contributed by atoms with Crippen LogP contribution in [0.1, 0.15) is 48.3 Å².